The predicted octanol–water partition coefficient (Wildman–Crippen LogP) is 3.57. The van der Waals surface area contributed by atoms with Crippen LogP contribution in [0.15, 0.2) is 42.5 Å². The SMILES string of the molecule is COc1cccc(NC(C)c2ccc(C)cc2)n1. The predicted molar refractivity (Wildman–Crippen MR) is 74.0 cm³/mol. The molecule has 0 aliphatic carbocycles. The van der Waals surface area contributed by atoms with Gasteiger partial charge in [0.05, 0.1) is 7.11 Å². The van der Waals surface area contributed by atoms with E-state index in [2.05, 4.69) is 48.4 Å². The highest BCUT2D eigenvalue weighted by molar-refractivity contribution is 5.40. The minimum Gasteiger partial charge on any atom is -0.481 e. The molecule has 2 aromatic rings. The van der Waals surface area contributed by atoms with Gasteiger partial charge in [-0.25, -0.2) is 0 Å². The average Bonchev–Trinajstić information content (AvgIpc) is 2.39. The van der Waals surface area contributed by atoms with E-state index in [0.717, 1.165) is 5.82 Å². The van der Waals surface area contributed by atoms with Crippen LogP contribution in [0, 0.1) is 6.92 Å². The number of pyridine rings is 1. The summed E-state index contributed by atoms with van der Waals surface area (Å²) in [7, 11) is 1.62. The molecule has 2 rings (SSSR count). The topological polar surface area (TPSA) is 34.1 Å². The second-order valence-electron chi connectivity index (χ2n) is 4.34. The van der Waals surface area contributed by atoms with Crippen molar-refractivity contribution in [3.8, 4) is 5.88 Å². The summed E-state index contributed by atoms with van der Waals surface area (Å²) >= 11 is 0. The number of methoxy groups -OCH3 is 1. The molecule has 1 atom stereocenters. The van der Waals surface area contributed by atoms with Crippen LogP contribution in [-0.4, -0.2) is 12.1 Å². The number of aryl methyl sites for hydroxylation is 1. The molecule has 0 amide bonds. The van der Waals surface area contributed by atoms with Crippen LogP contribution in [-0.2, 0) is 0 Å². The van der Waals surface area contributed by atoms with Gasteiger partial charge in [-0.1, -0.05) is 35.9 Å². The maximum Gasteiger partial charge on any atom is 0.214 e. The van der Waals surface area contributed by atoms with E-state index in [-0.39, 0.29) is 6.04 Å². The molecule has 0 bridgehead atoms. The molecule has 3 nitrogen and oxygen atoms in total. The van der Waals surface area contributed by atoms with Crippen LogP contribution in [0.25, 0.3) is 0 Å². The Kier molecular flexibility index (Phi) is 3.82. The molecule has 1 heterocycles. The molecule has 0 spiro atoms. The molecule has 0 saturated carbocycles. The fourth-order valence-electron chi connectivity index (χ4n) is 1.77. The minimum atomic E-state index is 0.213. The second kappa shape index (κ2) is 5.54. The van der Waals surface area contributed by atoms with Crippen molar-refractivity contribution in [1.82, 2.24) is 4.98 Å². The zero-order chi connectivity index (χ0) is 13.0. The number of hydrogen-bond acceptors (Lipinski definition) is 3. The van der Waals surface area contributed by atoms with Crippen LogP contribution < -0.4 is 10.1 Å². The van der Waals surface area contributed by atoms with Crippen molar-refractivity contribution in [3.63, 3.8) is 0 Å². The number of ether oxygens (including phenoxy) is 1. The first-order valence-corrected chi connectivity index (χ1v) is 6.03. The van der Waals surface area contributed by atoms with E-state index >= 15 is 0 Å². The van der Waals surface area contributed by atoms with Crippen molar-refractivity contribution < 1.29 is 4.74 Å². The molecule has 0 aliphatic heterocycles. The highest BCUT2D eigenvalue weighted by atomic mass is 16.5. The molecule has 3 heteroatoms. The van der Waals surface area contributed by atoms with Crippen LogP contribution in [0.2, 0.25) is 0 Å². The molecular weight excluding hydrogens is 224 g/mol. The number of rotatable bonds is 4. The number of nitrogens with one attached hydrogen (secondary N) is 1. The van der Waals surface area contributed by atoms with E-state index in [4.69, 9.17) is 4.74 Å². The number of nitrogens with zero attached hydrogens (tertiary/aromatic N) is 1. The summed E-state index contributed by atoms with van der Waals surface area (Å²) < 4.78 is 5.11. The maximum absolute atomic E-state index is 5.11. The third-order valence-electron chi connectivity index (χ3n) is 2.87. The van der Waals surface area contributed by atoms with Gasteiger partial charge in [0, 0.05) is 12.1 Å². The number of benzene rings is 1. The van der Waals surface area contributed by atoms with Gasteiger partial charge in [0.2, 0.25) is 5.88 Å². The Balaban J connectivity index is 2.10. The molecule has 0 fully saturated rings. The fraction of sp³-hybridized carbons (Fsp3) is 0.267. The van der Waals surface area contributed by atoms with Crippen molar-refractivity contribution in [2.75, 3.05) is 12.4 Å². The normalized spacial score (nSPS) is 11.9. The lowest BCUT2D eigenvalue weighted by Crippen LogP contribution is -2.08. The third kappa shape index (κ3) is 3.00. The van der Waals surface area contributed by atoms with Gasteiger partial charge in [-0.2, -0.15) is 4.98 Å². The molecule has 0 saturated heterocycles. The molecular formula is C15H18N2O. The molecule has 1 unspecified atom stereocenters. The second-order valence-corrected chi connectivity index (χ2v) is 4.34. The smallest absolute Gasteiger partial charge is 0.214 e. The number of anilines is 1. The van der Waals surface area contributed by atoms with Crippen molar-refractivity contribution in [1.29, 1.82) is 0 Å². The first-order chi connectivity index (χ1) is 8.69. The molecule has 1 aromatic heterocycles. The Labute approximate surface area is 108 Å². The number of aromatic nitrogens is 1. The molecule has 1 N–H and O–H groups in total. The Hall–Kier alpha value is -2.03. The van der Waals surface area contributed by atoms with Gasteiger partial charge in [0.15, 0.2) is 0 Å². The van der Waals surface area contributed by atoms with Gasteiger partial charge in [-0.05, 0) is 25.5 Å². The first-order valence-electron chi connectivity index (χ1n) is 6.03. The van der Waals surface area contributed by atoms with Gasteiger partial charge in [0.25, 0.3) is 0 Å². The largest absolute Gasteiger partial charge is 0.481 e. The monoisotopic (exact) mass is 242 g/mol. The van der Waals surface area contributed by atoms with E-state index in [1.54, 1.807) is 7.11 Å². The van der Waals surface area contributed by atoms with Gasteiger partial charge in [0.1, 0.15) is 5.82 Å². The van der Waals surface area contributed by atoms with E-state index < -0.39 is 0 Å². The van der Waals surface area contributed by atoms with Crippen molar-refractivity contribution in [2.45, 2.75) is 19.9 Å². The zero-order valence-electron chi connectivity index (χ0n) is 11.0. The molecule has 1 aromatic carbocycles. The highest BCUT2D eigenvalue weighted by Gasteiger charge is 2.06. The van der Waals surface area contributed by atoms with Crippen LogP contribution in [0.3, 0.4) is 0 Å². The van der Waals surface area contributed by atoms with Crippen LogP contribution >= 0.6 is 0 Å². The third-order valence-corrected chi connectivity index (χ3v) is 2.87. The van der Waals surface area contributed by atoms with E-state index in [0.29, 0.717) is 5.88 Å². The summed E-state index contributed by atoms with van der Waals surface area (Å²) in [6.45, 7) is 4.21. The minimum absolute atomic E-state index is 0.213. The van der Waals surface area contributed by atoms with Crippen LogP contribution in [0.4, 0.5) is 5.82 Å². The lowest BCUT2D eigenvalue weighted by Gasteiger charge is -2.15. The number of hydrogen-bond donors (Lipinski definition) is 1. The molecule has 94 valence electrons. The van der Waals surface area contributed by atoms with Gasteiger partial charge in [-0.3, -0.25) is 0 Å². The summed E-state index contributed by atoms with van der Waals surface area (Å²) in [5.41, 5.74) is 2.51. The molecule has 18 heavy (non-hydrogen) atoms. The van der Waals surface area contributed by atoms with Gasteiger partial charge < -0.3 is 10.1 Å². The Morgan fingerprint density at radius 2 is 1.83 bits per heavy atom. The summed E-state index contributed by atoms with van der Waals surface area (Å²) in [5, 5.41) is 3.36. The molecule has 0 radical (unpaired) electrons. The van der Waals surface area contributed by atoms with Gasteiger partial charge in [-0.15, -0.1) is 0 Å². The highest BCUT2D eigenvalue weighted by Crippen LogP contribution is 2.19. The summed E-state index contributed by atoms with van der Waals surface area (Å²) in [4.78, 5) is 4.34. The Bertz CT molecular complexity index is 508. The quantitative estimate of drug-likeness (QED) is 0.890. The summed E-state index contributed by atoms with van der Waals surface area (Å²) in [5.74, 6) is 1.44. The van der Waals surface area contributed by atoms with E-state index in [9.17, 15) is 0 Å². The van der Waals surface area contributed by atoms with E-state index in [1.165, 1.54) is 11.1 Å². The van der Waals surface area contributed by atoms with Crippen molar-refractivity contribution in [3.05, 3.63) is 53.6 Å². The lowest BCUT2D eigenvalue weighted by atomic mass is 10.1. The summed E-state index contributed by atoms with van der Waals surface area (Å²) in [6, 6.07) is 14.4. The Morgan fingerprint density at radius 1 is 1.11 bits per heavy atom. The average molecular weight is 242 g/mol. The molecule has 0 aliphatic rings. The summed E-state index contributed by atoms with van der Waals surface area (Å²) in [6.07, 6.45) is 0. The van der Waals surface area contributed by atoms with Gasteiger partial charge >= 0.3 is 0 Å². The van der Waals surface area contributed by atoms with Crippen LogP contribution in [0.5, 0.6) is 5.88 Å². The Morgan fingerprint density at radius 3 is 2.50 bits per heavy atom. The van der Waals surface area contributed by atoms with E-state index in [1.807, 2.05) is 18.2 Å². The standard InChI is InChI=1S/C15H18N2O/c1-11-7-9-13(10-8-11)12(2)16-14-5-4-6-15(17-14)18-3/h4-10,12H,1-3H3,(H,16,17). The maximum atomic E-state index is 5.11. The zero-order valence-corrected chi connectivity index (χ0v) is 11.0. The first kappa shape index (κ1) is 12.4. The van der Waals surface area contributed by atoms with Crippen LogP contribution in [0.1, 0.15) is 24.1 Å². The van der Waals surface area contributed by atoms with Crippen molar-refractivity contribution in [2.24, 2.45) is 0 Å². The fourth-order valence-corrected chi connectivity index (χ4v) is 1.77. The lowest BCUT2D eigenvalue weighted by molar-refractivity contribution is 0.398. The van der Waals surface area contributed by atoms with Crippen molar-refractivity contribution >= 4 is 5.82 Å².